The highest BCUT2D eigenvalue weighted by molar-refractivity contribution is 7.88. The monoisotopic (exact) mass is 399 g/mol. The van der Waals surface area contributed by atoms with Gasteiger partial charge >= 0.3 is 12.1 Å². The van der Waals surface area contributed by atoms with E-state index in [1.165, 1.54) is 17.6 Å². The van der Waals surface area contributed by atoms with Crippen LogP contribution < -0.4 is 5.32 Å². The number of amides is 4. The number of carbonyl (C=O) groups is 2. The van der Waals surface area contributed by atoms with Crippen LogP contribution in [0.2, 0.25) is 0 Å². The molecule has 0 aliphatic carbocycles. The smallest absolute Gasteiger partial charge is 0.341 e. The molecule has 26 heavy (non-hydrogen) atoms. The van der Waals surface area contributed by atoms with Crippen molar-refractivity contribution in [2.24, 2.45) is 0 Å². The summed E-state index contributed by atoms with van der Waals surface area (Å²) in [7, 11) is -3.73. The van der Waals surface area contributed by atoms with E-state index in [1.807, 2.05) is 0 Å². The molecule has 1 aliphatic rings. The molecular formula is C15H17N3O6S2. The summed E-state index contributed by atoms with van der Waals surface area (Å²) in [5.74, 6) is 0.241. The van der Waals surface area contributed by atoms with Crippen molar-refractivity contribution >= 4 is 33.4 Å². The maximum absolute atomic E-state index is 12.3. The number of thiophene rings is 1. The molecule has 0 unspecified atom stereocenters. The minimum atomic E-state index is -3.73. The molecule has 3 rings (SSSR count). The Morgan fingerprint density at radius 1 is 1.38 bits per heavy atom. The van der Waals surface area contributed by atoms with Crippen LogP contribution in [-0.2, 0) is 15.6 Å². The van der Waals surface area contributed by atoms with E-state index in [0.29, 0.717) is 9.18 Å². The number of rotatable bonds is 5. The van der Waals surface area contributed by atoms with Crippen LogP contribution in [0.1, 0.15) is 10.6 Å². The lowest BCUT2D eigenvalue weighted by Crippen LogP contribution is -2.48. The third-order valence-corrected chi connectivity index (χ3v) is 6.13. The van der Waals surface area contributed by atoms with Gasteiger partial charge in [0.05, 0.1) is 32.2 Å². The normalized spacial score (nSPS) is 17.4. The van der Waals surface area contributed by atoms with Crippen LogP contribution in [0.5, 0.6) is 0 Å². The first-order valence-corrected chi connectivity index (χ1v) is 10.3. The summed E-state index contributed by atoms with van der Waals surface area (Å²) >= 11 is 1.29. The molecule has 0 radical (unpaired) electrons. The number of nitrogens with zero attached hydrogens (tertiary/aromatic N) is 2. The molecule has 4 amide bonds. The topological polar surface area (TPSA) is 120 Å². The quantitative estimate of drug-likeness (QED) is 0.773. The van der Waals surface area contributed by atoms with E-state index in [0.717, 1.165) is 11.2 Å². The van der Waals surface area contributed by atoms with Crippen molar-refractivity contribution in [3.63, 3.8) is 0 Å². The van der Waals surface area contributed by atoms with Crippen LogP contribution in [0.25, 0.3) is 0 Å². The fraction of sp³-hybridized carbons (Fsp3) is 0.333. The average Bonchev–Trinajstić information content (AvgIpc) is 3.31. The summed E-state index contributed by atoms with van der Waals surface area (Å²) in [6.07, 6.45) is 2.31. The van der Waals surface area contributed by atoms with Gasteiger partial charge in [0.1, 0.15) is 5.76 Å². The zero-order valence-electron chi connectivity index (χ0n) is 13.8. The zero-order valence-corrected chi connectivity index (χ0v) is 15.4. The average molecular weight is 399 g/mol. The molecule has 3 heterocycles. The van der Waals surface area contributed by atoms with Gasteiger partial charge < -0.3 is 14.8 Å². The highest BCUT2D eigenvalue weighted by Crippen LogP contribution is 2.32. The summed E-state index contributed by atoms with van der Waals surface area (Å²) in [6.45, 7) is -0.406. The van der Waals surface area contributed by atoms with Gasteiger partial charge in [-0.25, -0.2) is 27.2 Å². The lowest BCUT2D eigenvalue weighted by molar-refractivity contribution is 0.0612. The first kappa shape index (κ1) is 18.4. The molecule has 0 bridgehead atoms. The van der Waals surface area contributed by atoms with E-state index in [2.05, 4.69) is 5.32 Å². The van der Waals surface area contributed by atoms with Gasteiger partial charge in [0.15, 0.2) is 5.60 Å². The van der Waals surface area contributed by atoms with Gasteiger partial charge in [0.2, 0.25) is 10.0 Å². The Bertz CT molecular complexity index is 858. The van der Waals surface area contributed by atoms with Gasteiger partial charge in [-0.3, -0.25) is 0 Å². The summed E-state index contributed by atoms with van der Waals surface area (Å²) in [4.78, 5) is 25.8. The van der Waals surface area contributed by atoms with Crippen molar-refractivity contribution in [1.29, 1.82) is 0 Å². The fourth-order valence-electron chi connectivity index (χ4n) is 2.64. The summed E-state index contributed by atoms with van der Waals surface area (Å²) in [6, 6.07) is 4.95. The van der Waals surface area contributed by atoms with Crippen LogP contribution >= 0.6 is 11.3 Å². The van der Waals surface area contributed by atoms with Gasteiger partial charge in [-0.2, -0.15) is 0 Å². The van der Waals surface area contributed by atoms with Crippen molar-refractivity contribution in [2.45, 2.75) is 5.60 Å². The van der Waals surface area contributed by atoms with Crippen LogP contribution in [0.3, 0.4) is 0 Å². The van der Waals surface area contributed by atoms with E-state index >= 15 is 0 Å². The molecule has 0 saturated carbocycles. The number of carbonyl (C=O) groups excluding carboxylic acids is 2. The SMILES string of the molecule is CS(=O)(=O)N1CCN(C(=O)NC[C@@](O)(c2ccco2)c2cccs2)C1=O. The standard InChI is InChI=1S/C15H17N3O6S2/c1-26(22,23)18-7-6-17(14(18)20)13(19)16-10-15(21,11-4-2-8-24-11)12-5-3-9-25-12/h2-5,8-9,21H,6-7,10H2,1H3,(H,16,19)/t15-/m1/s1. The van der Waals surface area contributed by atoms with Crippen LogP contribution in [0.15, 0.2) is 40.3 Å². The van der Waals surface area contributed by atoms with E-state index < -0.39 is 27.7 Å². The minimum absolute atomic E-state index is 0.0596. The zero-order chi connectivity index (χ0) is 18.9. The van der Waals surface area contributed by atoms with Gasteiger partial charge in [-0.05, 0) is 23.6 Å². The number of hydrogen-bond donors (Lipinski definition) is 2. The van der Waals surface area contributed by atoms with Crippen LogP contribution in [0, 0.1) is 0 Å². The molecule has 140 valence electrons. The second-order valence-electron chi connectivity index (χ2n) is 5.74. The summed E-state index contributed by atoms with van der Waals surface area (Å²) in [5.41, 5.74) is -1.60. The molecule has 0 spiro atoms. The maximum atomic E-state index is 12.3. The van der Waals surface area contributed by atoms with Gasteiger partial charge in [0.25, 0.3) is 0 Å². The molecule has 9 nitrogen and oxygen atoms in total. The number of sulfonamides is 1. The summed E-state index contributed by atoms with van der Waals surface area (Å²) < 4.78 is 29.0. The Balaban J connectivity index is 1.75. The second kappa shape index (κ2) is 6.74. The van der Waals surface area contributed by atoms with Crippen LogP contribution in [0.4, 0.5) is 9.59 Å². The Labute approximate surface area is 153 Å². The minimum Gasteiger partial charge on any atom is -0.466 e. The van der Waals surface area contributed by atoms with E-state index in [-0.39, 0.29) is 25.4 Å². The molecule has 2 aromatic rings. The molecule has 1 aliphatic heterocycles. The summed E-state index contributed by atoms with van der Waals surface area (Å²) in [5, 5.41) is 15.3. The highest BCUT2D eigenvalue weighted by atomic mass is 32.2. The number of aliphatic hydroxyl groups is 1. The molecule has 1 atom stereocenters. The number of urea groups is 2. The van der Waals surface area contributed by atoms with Crippen molar-refractivity contribution in [3.8, 4) is 0 Å². The van der Waals surface area contributed by atoms with Crippen LogP contribution in [-0.4, -0.2) is 60.7 Å². The predicted molar refractivity (Wildman–Crippen MR) is 93.1 cm³/mol. The fourth-order valence-corrected chi connectivity index (χ4v) is 4.26. The number of imide groups is 1. The Kier molecular flexibility index (Phi) is 4.78. The van der Waals surface area contributed by atoms with Gasteiger partial charge in [-0.1, -0.05) is 6.07 Å². The largest absolute Gasteiger partial charge is 0.466 e. The van der Waals surface area contributed by atoms with Crippen molar-refractivity contribution in [3.05, 3.63) is 46.5 Å². The molecule has 0 aromatic carbocycles. The maximum Gasteiger partial charge on any atom is 0.341 e. The Morgan fingerprint density at radius 2 is 2.15 bits per heavy atom. The first-order chi connectivity index (χ1) is 12.2. The molecule has 11 heteroatoms. The molecular weight excluding hydrogens is 382 g/mol. The lowest BCUT2D eigenvalue weighted by Gasteiger charge is -2.26. The van der Waals surface area contributed by atoms with Gasteiger partial charge in [0, 0.05) is 4.88 Å². The Morgan fingerprint density at radius 3 is 2.69 bits per heavy atom. The first-order valence-electron chi connectivity index (χ1n) is 7.61. The molecule has 1 fully saturated rings. The number of furan rings is 1. The Hall–Kier alpha value is -2.37. The van der Waals surface area contributed by atoms with E-state index in [4.69, 9.17) is 4.42 Å². The second-order valence-corrected chi connectivity index (χ2v) is 8.60. The molecule has 1 saturated heterocycles. The van der Waals surface area contributed by atoms with Crippen molar-refractivity contribution in [2.75, 3.05) is 25.9 Å². The third kappa shape index (κ3) is 3.32. The van der Waals surface area contributed by atoms with Gasteiger partial charge in [-0.15, -0.1) is 11.3 Å². The number of nitrogens with one attached hydrogen (secondary N) is 1. The third-order valence-electron chi connectivity index (χ3n) is 3.97. The lowest BCUT2D eigenvalue weighted by atomic mass is 9.98. The van der Waals surface area contributed by atoms with Crippen molar-refractivity contribution in [1.82, 2.24) is 14.5 Å². The molecule has 2 N–H and O–H groups in total. The number of hydrogen-bond acceptors (Lipinski definition) is 7. The highest BCUT2D eigenvalue weighted by Gasteiger charge is 2.40. The van der Waals surface area contributed by atoms with E-state index in [9.17, 15) is 23.1 Å². The molecule has 2 aromatic heterocycles. The van der Waals surface area contributed by atoms with E-state index in [1.54, 1.807) is 29.6 Å². The van der Waals surface area contributed by atoms with Crippen molar-refractivity contribution < 1.29 is 27.5 Å². The predicted octanol–water partition coefficient (Wildman–Crippen LogP) is 0.984.